The molecule has 1 aliphatic rings. The first-order chi connectivity index (χ1) is 12.6. The second-order valence-electron chi connectivity index (χ2n) is 5.43. The molecule has 4 rings (SSSR count). The summed E-state index contributed by atoms with van der Waals surface area (Å²) in [6, 6.07) is 14.6. The normalized spacial score (nSPS) is 17.0. The molecule has 2 aromatic carbocycles. The van der Waals surface area contributed by atoms with Gasteiger partial charge < -0.3 is 9.84 Å². The maximum Gasteiger partial charge on any atom is 0.225 e. The number of phenols is 1. The molecule has 7 nitrogen and oxygen atoms in total. The zero-order chi connectivity index (χ0) is 18.1. The number of benzene rings is 2. The Morgan fingerprint density at radius 1 is 1.08 bits per heavy atom. The van der Waals surface area contributed by atoms with E-state index >= 15 is 0 Å². The fourth-order valence-electron chi connectivity index (χ4n) is 2.58. The number of phenolic OH excluding ortho intramolecular Hbond substituents is 1. The Kier molecular flexibility index (Phi) is 4.39. The molecule has 0 fully saturated rings. The zero-order valence-corrected chi connectivity index (χ0v) is 15.6. The SMILES string of the molecule is Oc1ccc(Br)cc1C1OC(c2ccccc2)=NC(=S)N1n1cnnc1. The van der Waals surface area contributed by atoms with Gasteiger partial charge in [-0.1, -0.05) is 34.1 Å². The van der Waals surface area contributed by atoms with Gasteiger partial charge in [0.15, 0.2) is 0 Å². The minimum absolute atomic E-state index is 0.0772. The van der Waals surface area contributed by atoms with Gasteiger partial charge in [0.2, 0.25) is 17.2 Å². The van der Waals surface area contributed by atoms with Crippen molar-refractivity contribution in [2.45, 2.75) is 6.23 Å². The lowest BCUT2D eigenvalue weighted by atomic mass is 10.1. The highest BCUT2D eigenvalue weighted by molar-refractivity contribution is 9.10. The molecule has 9 heteroatoms. The van der Waals surface area contributed by atoms with E-state index in [0.29, 0.717) is 11.5 Å². The van der Waals surface area contributed by atoms with Crippen LogP contribution in [0.1, 0.15) is 17.4 Å². The van der Waals surface area contributed by atoms with Crippen LogP contribution in [0.2, 0.25) is 0 Å². The van der Waals surface area contributed by atoms with E-state index in [9.17, 15) is 5.11 Å². The highest BCUT2D eigenvalue weighted by atomic mass is 79.9. The molecule has 0 bridgehead atoms. The smallest absolute Gasteiger partial charge is 0.225 e. The van der Waals surface area contributed by atoms with Gasteiger partial charge >= 0.3 is 0 Å². The van der Waals surface area contributed by atoms with Crippen LogP contribution in [0.5, 0.6) is 5.75 Å². The lowest BCUT2D eigenvalue weighted by Crippen LogP contribution is -2.46. The Morgan fingerprint density at radius 3 is 2.54 bits per heavy atom. The third-order valence-electron chi connectivity index (χ3n) is 3.77. The number of hydrogen-bond acceptors (Lipinski definition) is 5. The maximum atomic E-state index is 10.4. The Bertz CT molecular complexity index is 978. The van der Waals surface area contributed by atoms with Crippen molar-refractivity contribution in [1.29, 1.82) is 0 Å². The number of hydrogen-bond donors (Lipinski definition) is 1. The third-order valence-corrected chi connectivity index (χ3v) is 4.54. The lowest BCUT2D eigenvalue weighted by Gasteiger charge is -2.36. The Morgan fingerprint density at radius 2 is 1.81 bits per heavy atom. The van der Waals surface area contributed by atoms with Crippen molar-refractivity contribution in [3.05, 3.63) is 76.8 Å². The number of aliphatic imine (C=N–C) groups is 1. The van der Waals surface area contributed by atoms with Gasteiger partial charge in [0.25, 0.3) is 0 Å². The number of ether oxygens (including phenoxy) is 1. The summed E-state index contributed by atoms with van der Waals surface area (Å²) in [6.45, 7) is 0. The van der Waals surface area contributed by atoms with Gasteiger partial charge in [0, 0.05) is 10.0 Å². The van der Waals surface area contributed by atoms with Crippen molar-refractivity contribution in [1.82, 2.24) is 14.9 Å². The molecule has 1 unspecified atom stereocenters. The van der Waals surface area contributed by atoms with Crippen LogP contribution in [0, 0.1) is 0 Å². The van der Waals surface area contributed by atoms with Crippen LogP contribution in [0.15, 0.2) is 70.7 Å². The molecule has 0 aliphatic carbocycles. The molecule has 130 valence electrons. The van der Waals surface area contributed by atoms with Crippen molar-refractivity contribution >= 4 is 39.2 Å². The summed E-state index contributed by atoms with van der Waals surface area (Å²) < 4.78 is 8.50. The van der Waals surface area contributed by atoms with Crippen LogP contribution in [0.4, 0.5) is 0 Å². The third kappa shape index (κ3) is 3.06. The minimum Gasteiger partial charge on any atom is -0.507 e. The zero-order valence-electron chi connectivity index (χ0n) is 13.2. The van der Waals surface area contributed by atoms with E-state index in [0.717, 1.165) is 10.0 Å². The molecule has 0 saturated carbocycles. The van der Waals surface area contributed by atoms with Crippen molar-refractivity contribution in [3.63, 3.8) is 0 Å². The van der Waals surface area contributed by atoms with Gasteiger partial charge in [0.05, 0.1) is 5.56 Å². The van der Waals surface area contributed by atoms with Crippen molar-refractivity contribution < 1.29 is 9.84 Å². The quantitative estimate of drug-likeness (QED) is 0.644. The first-order valence-electron chi connectivity index (χ1n) is 7.61. The first-order valence-corrected chi connectivity index (χ1v) is 8.81. The van der Waals surface area contributed by atoms with Crippen LogP contribution >= 0.6 is 28.1 Å². The summed E-state index contributed by atoms with van der Waals surface area (Å²) in [5.41, 5.74) is 1.32. The Balaban J connectivity index is 1.84. The molecule has 1 aliphatic heterocycles. The standard InChI is InChI=1S/C17H12BrN5O2S/c18-12-6-7-14(24)13(8-12)16-23(22-9-19-20-10-22)17(26)21-15(25-16)11-4-2-1-3-5-11/h1-10,16,24H. The summed E-state index contributed by atoms with van der Waals surface area (Å²) in [7, 11) is 0. The van der Waals surface area contributed by atoms with E-state index in [4.69, 9.17) is 17.0 Å². The molecular weight excluding hydrogens is 418 g/mol. The molecule has 1 atom stereocenters. The first kappa shape index (κ1) is 16.7. The molecule has 1 N–H and O–H groups in total. The topological polar surface area (TPSA) is 75.8 Å². The molecular formula is C17H12BrN5O2S. The number of rotatable bonds is 3. The number of aromatic hydroxyl groups is 1. The highest BCUT2D eigenvalue weighted by Crippen LogP contribution is 2.34. The summed E-state index contributed by atoms with van der Waals surface area (Å²) in [6.07, 6.45) is 2.23. The van der Waals surface area contributed by atoms with E-state index in [1.165, 1.54) is 12.7 Å². The molecule has 3 aromatic rings. The van der Waals surface area contributed by atoms with Crippen LogP contribution in [0.3, 0.4) is 0 Å². The van der Waals surface area contributed by atoms with E-state index in [1.807, 2.05) is 30.3 Å². The average Bonchev–Trinajstić information content (AvgIpc) is 3.18. The highest BCUT2D eigenvalue weighted by Gasteiger charge is 2.34. The molecule has 1 aromatic heterocycles. The van der Waals surface area contributed by atoms with E-state index in [1.54, 1.807) is 27.9 Å². The summed E-state index contributed by atoms with van der Waals surface area (Å²) in [5.74, 6) is 0.456. The van der Waals surface area contributed by atoms with Crippen LogP contribution < -0.4 is 5.01 Å². The van der Waals surface area contributed by atoms with Crippen LogP contribution in [-0.4, -0.2) is 31.0 Å². The number of aromatic nitrogens is 3. The molecule has 0 amide bonds. The van der Waals surface area contributed by atoms with E-state index < -0.39 is 6.23 Å². The summed E-state index contributed by atoms with van der Waals surface area (Å²) in [4.78, 5) is 4.40. The van der Waals surface area contributed by atoms with Crippen molar-refractivity contribution in [3.8, 4) is 5.75 Å². The van der Waals surface area contributed by atoms with Crippen LogP contribution in [0.25, 0.3) is 0 Å². The minimum atomic E-state index is -0.747. The largest absolute Gasteiger partial charge is 0.507 e. The number of thiocarbonyl (C=S) groups is 1. The van der Waals surface area contributed by atoms with Gasteiger partial charge in [-0.3, -0.25) is 0 Å². The second-order valence-corrected chi connectivity index (χ2v) is 6.71. The monoisotopic (exact) mass is 429 g/mol. The number of nitrogens with zero attached hydrogens (tertiary/aromatic N) is 5. The molecule has 0 radical (unpaired) electrons. The van der Waals surface area contributed by atoms with Crippen LogP contribution in [-0.2, 0) is 4.74 Å². The molecule has 2 heterocycles. The molecule has 0 spiro atoms. The van der Waals surface area contributed by atoms with Crippen molar-refractivity contribution in [2.24, 2.45) is 4.99 Å². The lowest BCUT2D eigenvalue weighted by molar-refractivity contribution is 0.168. The van der Waals surface area contributed by atoms with Gasteiger partial charge in [-0.15, -0.1) is 10.2 Å². The van der Waals surface area contributed by atoms with E-state index in [2.05, 4.69) is 31.1 Å². The number of halogens is 1. The predicted molar refractivity (Wildman–Crippen MR) is 103 cm³/mol. The fourth-order valence-corrected chi connectivity index (χ4v) is 3.23. The molecule has 26 heavy (non-hydrogen) atoms. The van der Waals surface area contributed by atoms with E-state index in [-0.39, 0.29) is 10.9 Å². The Hall–Kier alpha value is -2.78. The fraction of sp³-hybridized carbons (Fsp3) is 0.0588. The second kappa shape index (κ2) is 6.85. The summed E-state index contributed by atoms with van der Waals surface area (Å²) in [5, 5.41) is 19.9. The Labute approximate surface area is 162 Å². The van der Waals surface area contributed by atoms with Gasteiger partial charge in [-0.2, -0.15) is 4.99 Å². The van der Waals surface area contributed by atoms with Gasteiger partial charge in [-0.25, -0.2) is 9.69 Å². The molecule has 0 saturated heterocycles. The van der Waals surface area contributed by atoms with Crippen molar-refractivity contribution in [2.75, 3.05) is 5.01 Å². The van der Waals surface area contributed by atoms with Gasteiger partial charge in [-0.05, 0) is 42.5 Å². The average molecular weight is 430 g/mol. The summed E-state index contributed by atoms with van der Waals surface area (Å²) >= 11 is 8.92. The predicted octanol–water partition coefficient (Wildman–Crippen LogP) is 3.14. The maximum absolute atomic E-state index is 10.4. The van der Waals surface area contributed by atoms with Gasteiger partial charge in [0.1, 0.15) is 18.4 Å².